The Kier molecular flexibility index (Phi) is 5.98. The Bertz CT molecular complexity index is 866. The number of ether oxygens (including phenoxy) is 2. The van der Waals surface area contributed by atoms with Crippen LogP contribution in [-0.4, -0.2) is 65.8 Å². The molecule has 0 spiro atoms. The molecule has 1 aromatic heterocycles. The second kappa shape index (κ2) is 8.83. The van der Waals surface area contributed by atoms with Gasteiger partial charge in [0.15, 0.2) is 0 Å². The van der Waals surface area contributed by atoms with Gasteiger partial charge in [-0.05, 0) is 44.0 Å². The first kappa shape index (κ1) is 20.3. The van der Waals surface area contributed by atoms with Gasteiger partial charge in [-0.25, -0.2) is 9.37 Å². The lowest BCUT2D eigenvalue weighted by Gasteiger charge is -2.42. The van der Waals surface area contributed by atoms with Gasteiger partial charge >= 0.3 is 0 Å². The molecular formula is C21H26FN5O3. The lowest BCUT2D eigenvalue weighted by molar-refractivity contribution is -0.154. The number of carbonyl (C=O) groups is 1. The van der Waals surface area contributed by atoms with Crippen LogP contribution in [0.3, 0.4) is 0 Å². The van der Waals surface area contributed by atoms with E-state index in [4.69, 9.17) is 15.2 Å². The molecule has 2 fully saturated rings. The smallest absolute Gasteiger partial charge is 0.248 e. The number of nitrogens with two attached hydrogens (primary N) is 1. The first-order chi connectivity index (χ1) is 14.5. The second-order valence-corrected chi connectivity index (χ2v) is 7.69. The van der Waals surface area contributed by atoms with Gasteiger partial charge in [0.1, 0.15) is 36.7 Å². The number of hydrogen-bond acceptors (Lipinski definition) is 7. The molecule has 1 aromatic carbocycles. The minimum atomic E-state index is -0.306. The van der Waals surface area contributed by atoms with Crippen molar-refractivity contribution in [1.29, 1.82) is 0 Å². The van der Waals surface area contributed by atoms with E-state index in [1.165, 1.54) is 12.1 Å². The number of carbonyl (C=O) groups excluding carboxylic acids is 1. The fraction of sp³-hybridized carbons (Fsp3) is 0.476. The summed E-state index contributed by atoms with van der Waals surface area (Å²) in [6, 6.07) is 7.96. The molecule has 3 heterocycles. The van der Waals surface area contributed by atoms with Gasteiger partial charge in [0, 0.05) is 30.9 Å². The van der Waals surface area contributed by atoms with E-state index in [-0.39, 0.29) is 36.4 Å². The first-order valence-corrected chi connectivity index (χ1v) is 10.1. The highest BCUT2D eigenvalue weighted by Gasteiger charge is 2.34. The SMILES string of the molecule is Cc1cc(N2CCC(N3CC(COc4ccc(F)cc4)OCC3=O)CC2)nc(N)n1. The molecular weight excluding hydrogens is 389 g/mol. The molecule has 30 heavy (non-hydrogen) atoms. The maximum absolute atomic E-state index is 13.0. The van der Waals surface area contributed by atoms with Crippen molar-refractivity contribution in [3.63, 3.8) is 0 Å². The molecule has 4 rings (SSSR count). The lowest BCUT2D eigenvalue weighted by atomic mass is 10.0. The molecule has 0 radical (unpaired) electrons. The summed E-state index contributed by atoms with van der Waals surface area (Å²) in [7, 11) is 0. The van der Waals surface area contributed by atoms with Crippen molar-refractivity contribution < 1.29 is 18.7 Å². The maximum Gasteiger partial charge on any atom is 0.248 e. The van der Waals surface area contributed by atoms with Crippen molar-refractivity contribution in [2.24, 2.45) is 0 Å². The van der Waals surface area contributed by atoms with Gasteiger partial charge < -0.3 is 25.0 Å². The molecule has 2 aliphatic rings. The van der Waals surface area contributed by atoms with E-state index in [9.17, 15) is 9.18 Å². The number of aromatic nitrogens is 2. The number of amides is 1. The Morgan fingerprint density at radius 3 is 2.67 bits per heavy atom. The van der Waals surface area contributed by atoms with Gasteiger partial charge in [-0.15, -0.1) is 0 Å². The zero-order valence-corrected chi connectivity index (χ0v) is 17.0. The molecule has 0 aliphatic carbocycles. The quantitative estimate of drug-likeness (QED) is 0.796. The van der Waals surface area contributed by atoms with Crippen molar-refractivity contribution >= 4 is 17.7 Å². The van der Waals surface area contributed by atoms with Crippen LogP contribution in [-0.2, 0) is 9.53 Å². The van der Waals surface area contributed by atoms with Crippen LogP contribution >= 0.6 is 0 Å². The zero-order valence-electron chi connectivity index (χ0n) is 17.0. The number of rotatable bonds is 5. The third-order valence-electron chi connectivity index (χ3n) is 5.50. The van der Waals surface area contributed by atoms with E-state index in [2.05, 4.69) is 14.9 Å². The van der Waals surface area contributed by atoms with Gasteiger partial charge in [0.2, 0.25) is 11.9 Å². The fourth-order valence-corrected chi connectivity index (χ4v) is 3.96. The van der Waals surface area contributed by atoms with Crippen LogP contribution in [0.2, 0.25) is 0 Å². The largest absolute Gasteiger partial charge is 0.491 e. The van der Waals surface area contributed by atoms with Crippen LogP contribution in [0.1, 0.15) is 18.5 Å². The number of nitrogen functional groups attached to an aromatic ring is 1. The molecule has 2 aliphatic heterocycles. The van der Waals surface area contributed by atoms with Crippen LogP contribution in [0.4, 0.5) is 16.2 Å². The van der Waals surface area contributed by atoms with Gasteiger partial charge in [-0.3, -0.25) is 4.79 Å². The molecule has 1 amide bonds. The number of morpholine rings is 1. The average molecular weight is 415 g/mol. The topological polar surface area (TPSA) is 93.8 Å². The predicted octanol–water partition coefficient (Wildman–Crippen LogP) is 1.78. The number of nitrogens with zero attached hydrogens (tertiary/aromatic N) is 4. The van der Waals surface area contributed by atoms with Gasteiger partial charge in [0.25, 0.3) is 0 Å². The van der Waals surface area contributed by atoms with Crippen LogP contribution in [0, 0.1) is 12.7 Å². The predicted molar refractivity (Wildman–Crippen MR) is 110 cm³/mol. The standard InChI is InChI=1S/C21H26FN5O3/c1-14-10-19(25-21(23)24-14)26-8-6-16(7-9-26)27-11-18(30-13-20(27)28)12-29-17-4-2-15(22)3-5-17/h2-5,10,16,18H,6-9,11-13H2,1H3,(H2,23,24,25). The maximum atomic E-state index is 13.0. The van der Waals surface area contributed by atoms with Gasteiger partial charge in [0.05, 0.1) is 6.54 Å². The normalized spacial score (nSPS) is 20.5. The van der Waals surface area contributed by atoms with Gasteiger partial charge in [-0.2, -0.15) is 4.98 Å². The molecule has 2 N–H and O–H groups in total. The van der Waals surface area contributed by atoms with E-state index in [0.29, 0.717) is 18.9 Å². The van der Waals surface area contributed by atoms with Crippen molar-refractivity contribution in [2.45, 2.75) is 31.9 Å². The summed E-state index contributed by atoms with van der Waals surface area (Å²) in [4.78, 5) is 25.0. The number of anilines is 2. The average Bonchev–Trinajstić information content (AvgIpc) is 2.74. The molecule has 0 saturated carbocycles. The summed E-state index contributed by atoms with van der Waals surface area (Å²) in [5.74, 6) is 1.39. The van der Waals surface area contributed by atoms with E-state index >= 15 is 0 Å². The third kappa shape index (κ3) is 4.79. The molecule has 2 aromatic rings. The number of aryl methyl sites for hydroxylation is 1. The molecule has 2 saturated heterocycles. The highest BCUT2D eigenvalue weighted by atomic mass is 19.1. The summed E-state index contributed by atoms with van der Waals surface area (Å²) in [6.45, 7) is 4.34. The molecule has 1 atom stereocenters. The minimum Gasteiger partial charge on any atom is -0.491 e. The summed E-state index contributed by atoms with van der Waals surface area (Å²) < 4.78 is 24.4. The first-order valence-electron chi connectivity index (χ1n) is 10.1. The van der Waals surface area contributed by atoms with Crippen LogP contribution in [0.15, 0.2) is 30.3 Å². The monoisotopic (exact) mass is 415 g/mol. The van der Waals surface area contributed by atoms with Crippen molar-refractivity contribution in [3.05, 3.63) is 41.8 Å². The van der Waals surface area contributed by atoms with Crippen LogP contribution in [0.25, 0.3) is 0 Å². The minimum absolute atomic E-state index is 0.00797. The second-order valence-electron chi connectivity index (χ2n) is 7.69. The summed E-state index contributed by atoms with van der Waals surface area (Å²) in [5.41, 5.74) is 6.62. The number of piperidine rings is 1. The Labute approximate surface area is 174 Å². The third-order valence-corrected chi connectivity index (χ3v) is 5.50. The van der Waals surface area contributed by atoms with E-state index in [1.807, 2.05) is 17.9 Å². The van der Waals surface area contributed by atoms with E-state index in [0.717, 1.165) is 37.4 Å². The highest BCUT2D eigenvalue weighted by molar-refractivity contribution is 5.78. The number of halogens is 1. The summed E-state index contributed by atoms with van der Waals surface area (Å²) >= 11 is 0. The molecule has 9 heteroatoms. The van der Waals surface area contributed by atoms with E-state index in [1.54, 1.807) is 12.1 Å². The molecule has 1 unspecified atom stereocenters. The summed E-state index contributed by atoms with van der Waals surface area (Å²) in [6.07, 6.45) is 1.48. The van der Waals surface area contributed by atoms with Crippen LogP contribution in [0.5, 0.6) is 5.75 Å². The number of hydrogen-bond donors (Lipinski definition) is 1. The van der Waals surface area contributed by atoms with Crippen molar-refractivity contribution in [1.82, 2.24) is 14.9 Å². The lowest BCUT2D eigenvalue weighted by Crippen LogP contribution is -2.55. The number of benzene rings is 1. The van der Waals surface area contributed by atoms with Crippen molar-refractivity contribution in [2.75, 3.05) is 43.5 Å². The van der Waals surface area contributed by atoms with E-state index < -0.39 is 0 Å². The van der Waals surface area contributed by atoms with Crippen molar-refractivity contribution in [3.8, 4) is 5.75 Å². The molecule has 8 nitrogen and oxygen atoms in total. The molecule has 0 bridgehead atoms. The molecule has 160 valence electrons. The highest BCUT2D eigenvalue weighted by Crippen LogP contribution is 2.24. The van der Waals surface area contributed by atoms with Crippen LogP contribution < -0.4 is 15.4 Å². The fourth-order valence-electron chi connectivity index (χ4n) is 3.96. The van der Waals surface area contributed by atoms with Gasteiger partial charge in [-0.1, -0.05) is 0 Å². The summed E-state index contributed by atoms with van der Waals surface area (Å²) in [5, 5.41) is 0. The Morgan fingerprint density at radius 1 is 1.23 bits per heavy atom. The Morgan fingerprint density at radius 2 is 1.97 bits per heavy atom. The Hall–Kier alpha value is -2.94. The zero-order chi connectivity index (χ0) is 21.1. The Balaban J connectivity index is 1.32.